The smallest absolute Gasteiger partial charge is 0.337 e. The lowest BCUT2D eigenvalue weighted by atomic mass is 9.99. The number of esters is 1. The number of carbonyl (C=O) groups excluding carboxylic acids is 2. The van der Waals surface area contributed by atoms with Gasteiger partial charge in [0.05, 0.1) is 12.7 Å². The van der Waals surface area contributed by atoms with Crippen LogP contribution in [0, 0.1) is 6.92 Å². The Bertz CT molecular complexity index is 408. The third-order valence-electron chi connectivity index (χ3n) is 2.42. The van der Waals surface area contributed by atoms with E-state index < -0.39 is 0 Å². The summed E-state index contributed by atoms with van der Waals surface area (Å²) in [6.45, 7) is 3.80. The Hall–Kier alpha value is -1.64. The van der Waals surface area contributed by atoms with Gasteiger partial charge in [0.2, 0.25) is 0 Å². The fourth-order valence-corrected chi connectivity index (χ4v) is 1.58. The van der Waals surface area contributed by atoms with Gasteiger partial charge in [-0.1, -0.05) is 13.0 Å². The molecule has 0 N–H and O–H groups in total. The summed E-state index contributed by atoms with van der Waals surface area (Å²) in [6.07, 6.45) is 1.37. The molecular formula is C13H16O3. The highest BCUT2D eigenvalue weighted by atomic mass is 16.5. The normalized spacial score (nSPS) is 9.94. The second kappa shape index (κ2) is 5.45. The standard InChI is InChI=1S/C13H16O3/c1-4-5-12(14)11-7-6-10(8-9(11)2)13(15)16-3/h6-8H,4-5H2,1-3H3. The SMILES string of the molecule is CCCC(=O)c1ccc(C(=O)OC)cc1C. The van der Waals surface area contributed by atoms with E-state index in [4.69, 9.17) is 0 Å². The third kappa shape index (κ3) is 2.69. The number of carbonyl (C=O) groups is 2. The molecule has 3 nitrogen and oxygen atoms in total. The van der Waals surface area contributed by atoms with Crippen LogP contribution in [0.2, 0.25) is 0 Å². The van der Waals surface area contributed by atoms with Crippen molar-refractivity contribution >= 4 is 11.8 Å². The van der Waals surface area contributed by atoms with Crippen LogP contribution in [0.3, 0.4) is 0 Å². The monoisotopic (exact) mass is 220 g/mol. The van der Waals surface area contributed by atoms with Crippen LogP contribution in [0.15, 0.2) is 18.2 Å². The number of aryl methyl sites for hydroxylation is 1. The minimum atomic E-state index is -0.377. The summed E-state index contributed by atoms with van der Waals surface area (Å²) in [7, 11) is 1.34. The van der Waals surface area contributed by atoms with E-state index in [0.29, 0.717) is 17.5 Å². The summed E-state index contributed by atoms with van der Waals surface area (Å²) in [4.78, 5) is 23.0. The molecule has 0 aliphatic carbocycles. The van der Waals surface area contributed by atoms with Gasteiger partial charge in [0.15, 0.2) is 5.78 Å². The van der Waals surface area contributed by atoms with E-state index in [9.17, 15) is 9.59 Å². The van der Waals surface area contributed by atoms with Crippen LogP contribution in [0.5, 0.6) is 0 Å². The van der Waals surface area contributed by atoms with Gasteiger partial charge in [-0.3, -0.25) is 4.79 Å². The Labute approximate surface area is 95.4 Å². The molecule has 0 saturated heterocycles. The topological polar surface area (TPSA) is 43.4 Å². The van der Waals surface area contributed by atoms with Crippen LogP contribution in [0.25, 0.3) is 0 Å². The second-order valence-corrected chi connectivity index (χ2v) is 3.69. The first-order chi connectivity index (χ1) is 7.60. The van der Waals surface area contributed by atoms with Gasteiger partial charge in [0.1, 0.15) is 0 Å². The molecule has 1 aromatic carbocycles. The Morgan fingerprint density at radius 1 is 1.31 bits per heavy atom. The van der Waals surface area contributed by atoms with Crippen LogP contribution in [0.4, 0.5) is 0 Å². The zero-order chi connectivity index (χ0) is 12.1. The third-order valence-corrected chi connectivity index (χ3v) is 2.42. The molecule has 16 heavy (non-hydrogen) atoms. The highest BCUT2D eigenvalue weighted by molar-refractivity contribution is 5.99. The highest BCUT2D eigenvalue weighted by Gasteiger charge is 2.11. The predicted octanol–water partition coefficient (Wildman–Crippen LogP) is 2.76. The number of ketones is 1. The molecule has 0 heterocycles. The Balaban J connectivity index is 3.00. The minimum absolute atomic E-state index is 0.122. The molecule has 0 aliphatic rings. The molecule has 0 atom stereocenters. The van der Waals surface area contributed by atoms with Gasteiger partial charge in [0.25, 0.3) is 0 Å². The molecule has 0 bridgehead atoms. The van der Waals surface area contributed by atoms with E-state index >= 15 is 0 Å². The summed E-state index contributed by atoms with van der Waals surface area (Å²) in [5.41, 5.74) is 1.99. The average molecular weight is 220 g/mol. The summed E-state index contributed by atoms with van der Waals surface area (Å²) in [6, 6.07) is 5.01. The summed E-state index contributed by atoms with van der Waals surface area (Å²) in [5.74, 6) is -0.256. The van der Waals surface area contributed by atoms with Crippen molar-refractivity contribution in [1.82, 2.24) is 0 Å². The van der Waals surface area contributed by atoms with Crippen molar-refractivity contribution in [3.63, 3.8) is 0 Å². The van der Waals surface area contributed by atoms with Gasteiger partial charge in [-0.15, -0.1) is 0 Å². The molecule has 3 heteroatoms. The number of Topliss-reactive ketones (excluding diaryl/α,β-unsaturated/α-hetero) is 1. The van der Waals surface area contributed by atoms with Crippen LogP contribution in [0.1, 0.15) is 46.0 Å². The predicted molar refractivity (Wildman–Crippen MR) is 61.8 cm³/mol. The van der Waals surface area contributed by atoms with E-state index in [-0.39, 0.29) is 11.8 Å². The molecule has 1 aromatic rings. The number of methoxy groups -OCH3 is 1. The minimum Gasteiger partial charge on any atom is -0.465 e. The number of benzene rings is 1. The second-order valence-electron chi connectivity index (χ2n) is 3.69. The van der Waals surface area contributed by atoms with Gasteiger partial charge in [0, 0.05) is 12.0 Å². The first kappa shape index (κ1) is 12.4. The fourth-order valence-electron chi connectivity index (χ4n) is 1.58. The molecule has 86 valence electrons. The van der Waals surface area contributed by atoms with Crippen molar-refractivity contribution in [3.8, 4) is 0 Å². The van der Waals surface area contributed by atoms with Crippen molar-refractivity contribution in [2.24, 2.45) is 0 Å². The quantitative estimate of drug-likeness (QED) is 0.579. The molecular weight excluding hydrogens is 204 g/mol. The molecule has 0 spiro atoms. The largest absolute Gasteiger partial charge is 0.465 e. The zero-order valence-electron chi connectivity index (χ0n) is 9.87. The van der Waals surface area contributed by atoms with Crippen LogP contribution >= 0.6 is 0 Å². The van der Waals surface area contributed by atoms with Crippen LogP contribution in [-0.4, -0.2) is 18.9 Å². The van der Waals surface area contributed by atoms with E-state index in [1.165, 1.54) is 7.11 Å². The lowest BCUT2D eigenvalue weighted by Crippen LogP contribution is -2.05. The maximum Gasteiger partial charge on any atom is 0.337 e. The average Bonchev–Trinajstić information content (AvgIpc) is 2.28. The molecule has 0 fully saturated rings. The maximum absolute atomic E-state index is 11.7. The van der Waals surface area contributed by atoms with Crippen molar-refractivity contribution in [2.75, 3.05) is 7.11 Å². The van der Waals surface area contributed by atoms with E-state index in [0.717, 1.165) is 12.0 Å². The van der Waals surface area contributed by atoms with Gasteiger partial charge in [-0.2, -0.15) is 0 Å². The molecule has 0 saturated carbocycles. The summed E-state index contributed by atoms with van der Waals surface area (Å²) < 4.78 is 4.62. The first-order valence-corrected chi connectivity index (χ1v) is 5.32. The molecule has 1 rings (SSSR count). The molecule has 0 unspecified atom stereocenters. The Morgan fingerprint density at radius 2 is 2.00 bits per heavy atom. The number of ether oxygens (including phenoxy) is 1. The summed E-state index contributed by atoms with van der Waals surface area (Å²) in [5, 5.41) is 0. The lowest BCUT2D eigenvalue weighted by Gasteiger charge is -2.06. The zero-order valence-corrected chi connectivity index (χ0v) is 9.87. The molecule has 0 radical (unpaired) electrons. The summed E-state index contributed by atoms with van der Waals surface area (Å²) >= 11 is 0. The number of hydrogen-bond acceptors (Lipinski definition) is 3. The van der Waals surface area contributed by atoms with Gasteiger partial charge < -0.3 is 4.74 Å². The van der Waals surface area contributed by atoms with Crippen molar-refractivity contribution in [2.45, 2.75) is 26.7 Å². The van der Waals surface area contributed by atoms with E-state index in [2.05, 4.69) is 4.74 Å². The van der Waals surface area contributed by atoms with Crippen LogP contribution in [-0.2, 0) is 4.74 Å². The van der Waals surface area contributed by atoms with Gasteiger partial charge >= 0.3 is 5.97 Å². The van der Waals surface area contributed by atoms with Gasteiger partial charge in [-0.25, -0.2) is 4.79 Å². The Kier molecular flexibility index (Phi) is 4.23. The number of hydrogen-bond donors (Lipinski definition) is 0. The highest BCUT2D eigenvalue weighted by Crippen LogP contribution is 2.14. The number of rotatable bonds is 4. The van der Waals surface area contributed by atoms with Gasteiger partial charge in [-0.05, 0) is 31.0 Å². The van der Waals surface area contributed by atoms with Crippen LogP contribution < -0.4 is 0 Å². The molecule has 0 aliphatic heterocycles. The Morgan fingerprint density at radius 3 is 2.50 bits per heavy atom. The molecule has 0 amide bonds. The van der Waals surface area contributed by atoms with E-state index in [1.807, 2.05) is 13.8 Å². The first-order valence-electron chi connectivity index (χ1n) is 5.32. The van der Waals surface area contributed by atoms with E-state index in [1.54, 1.807) is 18.2 Å². The van der Waals surface area contributed by atoms with Crippen molar-refractivity contribution in [3.05, 3.63) is 34.9 Å². The van der Waals surface area contributed by atoms with Crippen molar-refractivity contribution < 1.29 is 14.3 Å². The maximum atomic E-state index is 11.7. The van der Waals surface area contributed by atoms with Crippen molar-refractivity contribution in [1.29, 1.82) is 0 Å². The fraction of sp³-hybridized carbons (Fsp3) is 0.385. The molecule has 0 aromatic heterocycles. The lowest BCUT2D eigenvalue weighted by molar-refractivity contribution is 0.0600.